The highest BCUT2D eigenvalue weighted by Crippen LogP contribution is 2.13. The maximum Gasteiger partial charge on any atom is 0.191 e. The summed E-state index contributed by atoms with van der Waals surface area (Å²) in [6, 6.07) is 14.1. The van der Waals surface area contributed by atoms with Gasteiger partial charge < -0.3 is 15.4 Å². The van der Waals surface area contributed by atoms with Crippen molar-refractivity contribution >= 4 is 35.6 Å². The molecule has 0 spiro atoms. The van der Waals surface area contributed by atoms with E-state index in [-0.39, 0.29) is 30.1 Å². The van der Waals surface area contributed by atoms with Gasteiger partial charge in [-0.3, -0.25) is 9.39 Å². The minimum atomic E-state index is 0. The number of nitrogens with one attached hydrogen (secondary N) is 2. The Morgan fingerprint density at radius 3 is 2.61 bits per heavy atom. The van der Waals surface area contributed by atoms with Crippen LogP contribution in [0.1, 0.15) is 25.2 Å². The predicted octanol–water partition coefficient (Wildman–Crippen LogP) is 3.04. The minimum absolute atomic E-state index is 0. The molecule has 0 fully saturated rings. The first-order valence-electron chi connectivity index (χ1n) is 9.14. The van der Waals surface area contributed by atoms with E-state index in [2.05, 4.69) is 38.0 Å². The summed E-state index contributed by atoms with van der Waals surface area (Å²) in [7, 11) is 1.76. The number of guanidine groups is 1. The van der Waals surface area contributed by atoms with Crippen molar-refractivity contribution in [3.05, 3.63) is 60.0 Å². The van der Waals surface area contributed by atoms with Crippen molar-refractivity contribution in [3.8, 4) is 5.75 Å². The summed E-state index contributed by atoms with van der Waals surface area (Å²) >= 11 is 0. The Morgan fingerprint density at radius 2 is 1.89 bits per heavy atom. The van der Waals surface area contributed by atoms with Crippen LogP contribution in [0.5, 0.6) is 5.75 Å². The van der Waals surface area contributed by atoms with Crippen LogP contribution >= 0.6 is 24.0 Å². The van der Waals surface area contributed by atoms with Gasteiger partial charge >= 0.3 is 0 Å². The number of aliphatic imine (C=N–C) groups is 1. The minimum Gasteiger partial charge on any atom is -0.491 e. The van der Waals surface area contributed by atoms with Crippen molar-refractivity contribution in [3.63, 3.8) is 0 Å². The summed E-state index contributed by atoms with van der Waals surface area (Å²) in [5.74, 6) is 2.48. The van der Waals surface area contributed by atoms with Crippen molar-refractivity contribution in [1.82, 2.24) is 25.2 Å². The first-order chi connectivity index (χ1) is 13.2. The molecule has 0 atom stereocenters. The number of halogens is 1. The van der Waals surface area contributed by atoms with Crippen LogP contribution in [-0.4, -0.2) is 40.3 Å². The van der Waals surface area contributed by atoms with Gasteiger partial charge in [0.25, 0.3) is 0 Å². The molecule has 0 bridgehead atoms. The Bertz CT molecular complexity index is 891. The predicted molar refractivity (Wildman–Crippen MR) is 123 cm³/mol. The SMILES string of the molecule is CN=C(NCCc1ccc(OC(C)C)cc1)NCc1nnc2ccccn12.I. The number of aromatic nitrogens is 3. The summed E-state index contributed by atoms with van der Waals surface area (Å²) in [4.78, 5) is 4.26. The third kappa shape index (κ3) is 6.08. The van der Waals surface area contributed by atoms with Crippen LogP contribution in [0.25, 0.3) is 5.65 Å². The molecule has 3 rings (SSSR count). The largest absolute Gasteiger partial charge is 0.491 e. The molecule has 0 saturated carbocycles. The lowest BCUT2D eigenvalue weighted by Gasteiger charge is -2.12. The fourth-order valence-corrected chi connectivity index (χ4v) is 2.73. The standard InChI is InChI=1S/C20H26N6O.HI/c1-15(2)27-17-9-7-16(8-10-17)11-12-22-20(21-3)23-14-19-25-24-18-6-4-5-13-26(18)19;/h4-10,13,15H,11-12,14H2,1-3H3,(H2,21,22,23);1H. The summed E-state index contributed by atoms with van der Waals surface area (Å²) in [5, 5.41) is 15.0. The molecule has 150 valence electrons. The zero-order valence-corrected chi connectivity index (χ0v) is 18.8. The average Bonchev–Trinajstić information content (AvgIpc) is 3.08. The Hall–Kier alpha value is -2.36. The summed E-state index contributed by atoms with van der Waals surface area (Å²) in [6.45, 7) is 5.38. The van der Waals surface area contributed by atoms with Gasteiger partial charge in [-0.05, 0) is 50.1 Å². The van der Waals surface area contributed by atoms with Gasteiger partial charge in [0, 0.05) is 19.8 Å². The molecule has 0 unspecified atom stereocenters. The van der Waals surface area contributed by atoms with Gasteiger partial charge in [-0.15, -0.1) is 34.2 Å². The van der Waals surface area contributed by atoms with Crippen molar-refractivity contribution in [2.75, 3.05) is 13.6 Å². The van der Waals surface area contributed by atoms with Gasteiger partial charge in [0.05, 0.1) is 12.6 Å². The van der Waals surface area contributed by atoms with Crippen molar-refractivity contribution in [2.24, 2.45) is 4.99 Å². The van der Waals surface area contributed by atoms with E-state index in [1.54, 1.807) is 7.05 Å². The summed E-state index contributed by atoms with van der Waals surface area (Å²) in [5.41, 5.74) is 2.08. The van der Waals surface area contributed by atoms with Gasteiger partial charge in [0.1, 0.15) is 5.75 Å². The number of ether oxygens (including phenoxy) is 1. The molecule has 3 aromatic rings. The fourth-order valence-electron chi connectivity index (χ4n) is 2.73. The molecule has 8 heteroatoms. The lowest BCUT2D eigenvalue weighted by Crippen LogP contribution is -2.38. The molecule has 0 saturated heterocycles. The van der Waals surface area contributed by atoms with Gasteiger partial charge in [0.15, 0.2) is 17.4 Å². The molecule has 0 aliphatic heterocycles. The van der Waals surface area contributed by atoms with E-state index in [0.29, 0.717) is 6.54 Å². The van der Waals surface area contributed by atoms with E-state index in [4.69, 9.17) is 4.74 Å². The Morgan fingerprint density at radius 1 is 1.11 bits per heavy atom. The van der Waals surface area contributed by atoms with Crippen molar-refractivity contribution in [1.29, 1.82) is 0 Å². The van der Waals surface area contributed by atoms with Gasteiger partial charge in [-0.1, -0.05) is 18.2 Å². The van der Waals surface area contributed by atoms with Crippen molar-refractivity contribution < 1.29 is 4.74 Å². The number of hydrogen-bond acceptors (Lipinski definition) is 4. The lowest BCUT2D eigenvalue weighted by molar-refractivity contribution is 0.242. The zero-order chi connectivity index (χ0) is 19.1. The number of rotatable bonds is 7. The molecule has 2 N–H and O–H groups in total. The third-order valence-electron chi connectivity index (χ3n) is 4.02. The van der Waals surface area contributed by atoms with E-state index in [0.717, 1.165) is 36.1 Å². The van der Waals surface area contributed by atoms with Crippen LogP contribution in [0.15, 0.2) is 53.7 Å². The van der Waals surface area contributed by atoms with Crippen molar-refractivity contribution in [2.45, 2.75) is 32.9 Å². The highest BCUT2D eigenvalue weighted by atomic mass is 127. The third-order valence-corrected chi connectivity index (χ3v) is 4.02. The summed E-state index contributed by atoms with van der Waals surface area (Å²) in [6.07, 6.45) is 3.04. The van der Waals surface area contributed by atoms with E-state index >= 15 is 0 Å². The molecule has 7 nitrogen and oxygen atoms in total. The molecule has 0 amide bonds. The van der Waals surface area contributed by atoms with Crippen LogP contribution in [0.4, 0.5) is 0 Å². The number of nitrogens with zero attached hydrogens (tertiary/aromatic N) is 4. The monoisotopic (exact) mass is 494 g/mol. The molecule has 2 heterocycles. The molecule has 28 heavy (non-hydrogen) atoms. The first-order valence-corrected chi connectivity index (χ1v) is 9.14. The van der Waals surface area contributed by atoms with Crippen LogP contribution in [0.2, 0.25) is 0 Å². The molecule has 1 aromatic carbocycles. The van der Waals surface area contributed by atoms with E-state index in [1.807, 2.05) is 54.8 Å². The maximum absolute atomic E-state index is 5.67. The Labute approximate surface area is 182 Å². The Balaban J connectivity index is 0.00000280. The van der Waals surface area contributed by atoms with Crippen LogP contribution < -0.4 is 15.4 Å². The van der Waals surface area contributed by atoms with Gasteiger partial charge in [-0.2, -0.15) is 0 Å². The molecule has 0 aliphatic rings. The summed E-state index contributed by atoms with van der Waals surface area (Å²) < 4.78 is 7.63. The number of hydrogen-bond donors (Lipinski definition) is 2. The molecule has 0 aliphatic carbocycles. The lowest BCUT2D eigenvalue weighted by atomic mass is 10.1. The van der Waals surface area contributed by atoms with E-state index < -0.39 is 0 Å². The van der Waals surface area contributed by atoms with Gasteiger partial charge in [-0.25, -0.2) is 0 Å². The highest BCUT2D eigenvalue weighted by molar-refractivity contribution is 14.0. The van der Waals surface area contributed by atoms with Crippen LogP contribution in [-0.2, 0) is 13.0 Å². The highest BCUT2D eigenvalue weighted by Gasteiger charge is 2.05. The number of pyridine rings is 1. The quantitative estimate of drug-likeness (QED) is 0.300. The second kappa shape index (κ2) is 10.8. The maximum atomic E-state index is 5.67. The molecule has 2 aromatic heterocycles. The second-order valence-corrected chi connectivity index (χ2v) is 6.46. The zero-order valence-electron chi connectivity index (χ0n) is 16.4. The topological polar surface area (TPSA) is 75.8 Å². The number of fused-ring (bicyclic) bond motifs is 1. The van der Waals surface area contributed by atoms with E-state index in [1.165, 1.54) is 5.56 Å². The first kappa shape index (κ1) is 21.9. The fraction of sp³-hybridized carbons (Fsp3) is 0.350. The normalized spacial score (nSPS) is 11.4. The molecular formula is C20H27IN6O. The van der Waals surface area contributed by atoms with Crippen LogP contribution in [0, 0.1) is 0 Å². The van der Waals surface area contributed by atoms with Gasteiger partial charge in [0.2, 0.25) is 0 Å². The number of benzene rings is 1. The smallest absolute Gasteiger partial charge is 0.191 e. The molecule has 0 radical (unpaired) electrons. The van der Waals surface area contributed by atoms with Crippen LogP contribution in [0.3, 0.4) is 0 Å². The van der Waals surface area contributed by atoms with E-state index in [9.17, 15) is 0 Å². The average molecular weight is 494 g/mol. The Kier molecular flexibility index (Phi) is 8.49. The molecular weight excluding hydrogens is 467 g/mol. The second-order valence-electron chi connectivity index (χ2n) is 6.46.